The highest BCUT2D eigenvalue weighted by molar-refractivity contribution is 7.88. The molecule has 166 valence electrons. The smallest absolute Gasteiger partial charge is 0.209 e. The van der Waals surface area contributed by atoms with E-state index < -0.39 is 10.0 Å². The fourth-order valence-electron chi connectivity index (χ4n) is 3.28. The van der Waals surface area contributed by atoms with Gasteiger partial charge in [0.05, 0.1) is 22.7 Å². The number of ether oxygens (including phenoxy) is 2. The first-order valence-corrected chi connectivity index (χ1v) is 12.5. The van der Waals surface area contributed by atoms with Crippen LogP contribution in [0.25, 0.3) is 0 Å². The Morgan fingerprint density at radius 1 is 1.23 bits per heavy atom. The Bertz CT molecular complexity index is 1050. The molecule has 1 saturated heterocycles. The number of rotatable bonds is 10. The molecule has 10 heteroatoms. The van der Waals surface area contributed by atoms with Gasteiger partial charge in [0.25, 0.3) is 0 Å². The third kappa shape index (κ3) is 6.99. The van der Waals surface area contributed by atoms with Crippen molar-refractivity contribution < 1.29 is 17.9 Å². The number of benzene rings is 2. The maximum Gasteiger partial charge on any atom is 0.209 e. The van der Waals surface area contributed by atoms with Crippen LogP contribution in [0.1, 0.15) is 11.1 Å². The Morgan fingerprint density at radius 2 is 1.94 bits per heavy atom. The summed E-state index contributed by atoms with van der Waals surface area (Å²) in [6.07, 6.45) is 2.03. The van der Waals surface area contributed by atoms with Crippen molar-refractivity contribution in [3.05, 3.63) is 52.5 Å². The SMILES string of the molecule is CS(=O)(=O)NC1CN(CCc2ccc(Oc3cc(Cl)c(OCCCl)c(C#N)c3)cc2)C1. The van der Waals surface area contributed by atoms with Crippen LogP contribution in [0.5, 0.6) is 17.2 Å². The average molecular weight is 484 g/mol. The van der Waals surface area contributed by atoms with E-state index in [0.29, 0.717) is 23.1 Å². The Labute approximate surface area is 192 Å². The lowest BCUT2D eigenvalue weighted by Crippen LogP contribution is -2.59. The van der Waals surface area contributed by atoms with Crippen LogP contribution in [0.4, 0.5) is 0 Å². The molecule has 0 amide bonds. The van der Waals surface area contributed by atoms with Crippen molar-refractivity contribution >= 4 is 33.2 Å². The van der Waals surface area contributed by atoms with Crippen LogP contribution >= 0.6 is 23.2 Å². The van der Waals surface area contributed by atoms with E-state index in [-0.39, 0.29) is 23.2 Å². The van der Waals surface area contributed by atoms with E-state index in [1.165, 1.54) is 6.26 Å². The summed E-state index contributed by atoms with van der Waals surface area (Å²) in [6, 6.07) is 12.9. The summed E-state index contributed by atoms with van der Waals surface area (Å²) in [5.41, 5.74) is 1.43. The first kappa shape index (κ1) is 23.6. The van der Waals surface area contributed by atoms with Gasteiger partial charge in [0.2, 0.25) is 10.0 Å². The average Bonchev–Trinajstić information content (AvgIpc) is 2.68. The van der Waals surface area contributed by atoms with Crippen LogP contribution in [0.3, 0.4) is 0 Å². The molecule has 0 aliphatic carbocycles. The summed E-state index contributed by atoms with van der Waals surface area (Å²) in [5, 5.41) is 9.64. The number of alkyl halides is 1. The maximum absolute atomic E-state index is 11.2. The zero-order valence-electron chi connectivity index (χ0n) is 17.0. The second-order valence-corrected chi connectivity index (χ2v) is 9.84. The highest BCUT2D eigenvalue weighted by Gasteiger charge is 2.28. The molecule has 1 N–H and O–H groups in total. The lowest BCUT2D eigenvalue weighted by atomic mass is 10.1. The van der Waals surface area contributed by atoms with Gasteiger partial charge in [-0.1, -0.05) is 23.7 Å². The number of nitrogens with one attached hydrogen (secondary N) is 1. The van der Waals surface area contributed by atoms with Crippen molar-refractivity contribution in [1.29, 1.82) is 5.26 Å². The summed E-state index contributed by atoms with van der Waals surface area (Å²) < 4.78 is 36.3. The van der Waals surface area contributed by atoms with Gasteiger partial charge in [-0.2, -0.15) is 5.26 Å². The van der Waals surface area contributed by atoms with Crippen molar-refractivity contribution in [2.45, 2.75) is 12.5 Å². The molecule has 1 heterocycles. The van der Waals surface area contributed by atoms with Crippen molar-refractivity contribution in [2.24, 2.45) is 0 Å². The quantitative estimate of drug-likeness (QED) is 0.520. The van der Waals surface area contributed by atoms with E-state index in [1.807, 2.05) is 24.3 Å². The van der Waals surface area contributed by atoms with Gasteiger partial charge >= 0.3 is 0 Å². The molecule has 0 atom stereocenters. The minimum absolute atomic E-state index is 0.00243. The third-order valence-electron chi connectivity index (χ3n) is 4.67. The van der Waals surface area contributed by atoms with E-state index >= 15 is 0 Å². The standard InChI is InChI=1S/C21H23Cl2N3O4S/c1-31(27,28)25-17-13-26(14-17)8-6-15-2-4-18(5-3-15)30-19-10-16(12-24)21(20(23)11-19)29-9-7-22/h2-5,10-11,17,25H,6-9,13-14H2,1H3. The molecule has 7 nitrogen and oxygen atoms in total. The van der Waals surface area contributed by atoms with Crippen LogP contribution in [0.15, 0.2) is 36.4 Å². The minimum Gasteiger partial charge on any atom is -0.489 e. The molecule has 0 radical (unpaired) electrons. The second kappa shape index (κ2) is 10.5. The van der Waals surface area contributed by atoms with Gasteiger partial charge in [-0.15, -0.1) is 11.6 Å². The Hall–Kier alpha value is -2.02. The normalized spacial score (nSPS) is 14.6. The summed E-state index contributed by atoms with van der Waals surface area (Å²) in [7, 11) is -3.15. The van der Waals surface area contributed by atoms with Gasteiger partial charge in [0.1, 0.15) is 24.2 Å². The molecule has 0 spiro atoms. The molecule has 0 bridgehead atoms. The molecular formula is C21H23Cl2N3O4S. The second-order valence-electron chi connectivity index (χ2n) is 7.27. The number of halogens is 2. The number of likely N-dealkylation sites (tertiary alicyclic amines) is 1. The highest BCUT2D eigenvalue weighted by atomic mass is 35.5. The fraction of sp³-hybridized carbons (Fsp3) is 0.381. The van der Waals surface area contributed by atoms with Gasteiger partial charge in [0.15, 0.2) is 5.75 Å². The first-order valence-electron chi connectivity index (χ1n) is 9.66. The van der Waals surface area contributed by atoms with E-state index in [9.17, 15) is 13.7 Å². The lowest BCUT2D eigenvalue weighted by molar-refractivity contribution is 0.143. The van der Waals surface area contributed by atoms with Gasteiger partial charge in [-0.3, -0.25) is 4.90 Å². The van der Waals surface area contributed by atoms with Crippen LogP contribution in [0, 0.1) is 11.3 Å². The largest absolute Gasteiger partial charge is 0.489 e. The predicted octanol–water partition coefficient (Wildman–Crippen LogP) is 3.40. The van der Waals surface area contributed by atoms with Crippen LogP contribution < -0.4 is 14.2 Å². The summed E-state index contributed by atoms with van der Waals surface area (Å²) in [4.78, 5) is 2.20. The lowest BCUT2D eigenvalue weighted by Gasteiger charge is -2.39. The molecule has 1 aliphatic heterocycles. The number of sulfonamides is 1. The summed E-state index contributed by atoms with van der Waals surface area (Å²) in [6.45, 7) is 2.55. The highest BCUT2D eigenvalue weighted by Crippen LogP contribution is 2.35. The van der Waals surface area contributed by atoms with Gasteiger partial charge in [-0.05, 0) is 24.1 Å². The predicted molar refractivity (Wildman–Crippen MR) is 121 cm³/mol. The van der Waals surface area contributed by atoms with Gasteiger partial charge in [-0.25, -0.2) is 13.1 Å². The molecule has 2 aromatic rings. The van der Waals surface area contributed by atoms with Crippen molar-refractivity contribution in [1.82, 2.24) is 9.62 Å². The molecule has 0 saturated carbocycles. The minimum atomic E-state index is -3.15. The Kier molecular flexibility index (Phi) is 8.03. The van der Waals surface area contributed by atoms with E-state index in [4.69, 9.17) is 32.7 Å². The van der Waals surface area contributed by atoms with E-state index in [1.54, 1.807) is 12.1 Å². The van der Waals surface area contributed by atoms with Crippen LogP contribution in [-0.2, 0) is 16.4 Å². The number of nitrogens with zero attached hydrogens (tertiary/aromatic N) is 2. The fourth-order valence-corrected chi connectivity index (χ4v) is 4.37. The summed E-state index contributed by atoms with van der Waals surface area (Å²) >= 11 is 11.9. The molecule has 2 aromatic carbocycles. The number of hydrogen-bond acceptors (Lipinski definition) is 6. The number of hydrogen-bond donors (Lipinski definition) is 1. The zero-order chi connectivity index (χ0) is 22.4. The number of nitriles is 1. The molecule has 3 rings (SSSR count). The zero-order valence-corrected chi connectivity index (χ0v) is 19.3. The molecule has 1 fully saturated rings. The third-order valence-corrected chi connectivity index (χ3v) is 5.87. The van der Waals surface area contributed by atoms with Crippen molar-refractivity contribution in [2.75, 3.05) is 38.4 Å². The molecule has 0 unspecified atom stereocenters. The van der Waals surface area contributed by atoms with Crippen molar-refractivity contribution in [3.63, 3.8) is 0 Å². The molecule has 1 aliphatic rings. The molecule has 0 aromatic heterocycles. The van der Waals surface area contributed by atoms with E-state index in [2.05, 4.69) is 15.7 Å². The van der Waals surface area contributed by atoms with Gasteiger partial charge < -0.3 is 9.47 Å². The monoisotopic (exact) mass is 483 g/mol. The summed E-state index contributed by atoms with van der Waals surface area (Å²) in [5.74, 6) is 1.66. The molecule has 31 heavy (non-hydrogen) atoms. The van der Waals surface area contributed by atoms with Crippen LogP contribution in [-0.4, -0.2) is 57.7 Å². The first-order chi connectivity index (χ1) is 14.8. The van der Waals surface area contributed by atoms with Crippen molar-refractivity contribution in [3.8, 4) is 23.3 Å². The van der Waals surface area contributed by atoms with Crippen LogP contribution in [0.2, 0.25) is 5.02 Å². The van der Waals surface area contributed by atoms with E-state index in [0.717, 1.165) is 31.6 Å². The van der Waals surface area contributed by atoms with Gasteiger partial charge in [0, 0.05) is 37.8 Å². The Morgan fingerprint density at radius 3 is 2.55 bits per heavy atom. The molecular weight excluding hydrogens is 461 g/mol. The maximum atomic E-state index is 11.2. The topological polar surface area (TPSA) is 91.7 Å². The Balaban J connectivity index is 1.53.